The van der Waals surface area contributed by atoms with Crippen molar-refractivity contribution in [2.75, 3.05) is 20.0 Å². The second kappa shape index (κ2) is 13.6. The van der Waals surface area contributed by atoms with Crippen LogP contribution in [-0.4, -0.2) is 49.0 Å². The summed E-state index contributed by atoms with van der Waals surface area (Å²) >= 11 is 1.48. The van der Waals surface area contributed by atoms with E-state index in [1.807, 2.05) is 30.3 Å². The van der Waals surface area contributed by atoms with Gasteiger partial charge in [-0.1, -0.05) is 30.3 Å². The van der Waals surface area contributed by atoms with Gasteiger partial charge in [-0.25, -0.2) is 5.43 Å². The number of methoxy groups -OCH3 is 2. The van der Waals surface area contributed by atoms with Crippen LogP contribution < -0.4 is 20.2 Å². The van der Waals surface area contributed by atoms with Crippen LogP contribution in [0.5, 0.6) is 11.5 Å². The molecule has 0 saturated carbocycles. The second-order valence-electron chi connectivity index (χ2n) is 7.67. The van der Waals surface area contributed by atoms with E-state index in [4.69, 9.17) is 9.47 Å². The van der Waals surface area contributed by atoms with Gasteiger partial charge in [-0.2, -0.15) is 16.9 Å². The fraction of sp³-hybridized carbons (Fsp3) is 0.192. The zero-order chi connectivity index (χ0) is 26.6. The quantitative estimate of drug-likeness (QED) is 0.210. The van der Waals surface area contributed by atoms with Crippen LogP contribution in [0.15, 0.2) is 77.9 Å². The number of amides is 2. The molecule has 0 spiro atoms. The number of benzene rings is 3. The summed E-state index contributed by atoms with van der Waals surface area (Å²) < 4.78 is 10.5. The summed E-state index contributed by atoms with van der Waals surface area (Å²) in [7, 11) is 3.06. The number of ether oxygens (including phenoxy) is 2. The van der Waals surface area contributed by atoms with Gasteiger partial charge < -0.3 is 14.8 Å². The molecule has 11 heteroatoms. The summed E-state index contributed by atoms with van der Waals surface area (Å²) in [5.74, 6) is 1.00. The van der Waals surface area contributed by atoms with Crippen LogP contribution in [0.25, 0.3) is 0 Å². The van der Waals surface area contributed by atoms with Gasteiger partial charge in [-0.3, -0.25) is 19.7 Å². The molecule has 2 amide bonds. The molecule has 0 aromatic heterocycles. The van der Waals surface area contributed by atoms with Crippen molar-refractivity contribution >= 4 is 35.5 Å². The highest BCUT2D eigenvalue weighted by molar-refractivity contribution is 7.98. The largest absolute Gasteiger partial charge is 0.497 e. The fourth-order valence-electron chi connectivity index (χ4n) is 3.20. The number of carbonyl (C=O) groups is 2. The molecule has 0 unspecified atom stereocenters. The molecule has 3 rings (SSSR count). The van der Waals surface area contributed by atoms with Gasteiger partial charge in [0.25, 0.3) is 17.5 Å². The predicted molar refractivity (Wildman–Crippen MR) is 142 cm³/mol. The molecule has 1 atom stereocenters. The van der Waals surface area contributed by atoms with Crippen LogP contribution in [0.3, 0.4) is 0 Å². The molecule has 192 valence electrons. The molecule has 0 bridgehead atoms. The van der Waals surface area contributed by atoms with Crippen LogP contribution in [-0.2, 0) is 10.5 Å². The number of rotatable bonds is 12. The zero-order valence-electron chi connectivity index (χ0n) is 20.2. The lowest BCUT2D eigenvalue weighted by Gasteiger charge is -2.17. The number of nitro groups is 1. The third-order valence-electron chi connectivity index (χ3n) is 5.18. The van der Waals surface area contributed by atoms with Crippen molar-refractivity contribution in [3.63, 3.8) is 0 Å². The van der Waals surface area contributed by atoms with E-state index in [1.54, 1.807) is 25.3 Å². The molecule has 0 heterocycles. The van der Waals surface area contributed by atoms with Crippen molar-refractivity contribution < 1.29 is 24.0 Å². The van der Waals surface area contributed by atoms with E-state index in [9.17, 15) is 19.7 Å². The zero-order valence-corrected chi connectivity index (χ0v) is 21.1. The topological polar surface area (TPSA) is 132 Å². The van der Waals surface area contributed by atoms with E-state index in [2.05, 4.69) is 15.8 Å². The first-order valence-electron chi connectivity index (χ1n) is 11.1. The van der Waals surface area contributed by atoms with E-state index >= 15 is 0 Å². The van der Waals surface area contributed by atoms with Crippen LogP contribution in [0.4, 0.5) is 5.69 Å². The Balaban J connectivity index is 1.69. The number of nitro benzene ring substituents is 1. The maximum absolute atomic E-state index is 12.9. The Kier molecular flexibility index (Phi) is 10.0. The van der Waals surface area contributed by atoms with Crippen molar-refractivity contribution in [1.29, 1.82) is 0 Å². The molecule has 3 aromatic rings. The Morgan fingerprint density at radius 1 is 1.05 bits per heavy atom. The smallest absolute Gasteiger partial charge is 0.269 e. The van der Waals surface area contributed by atoms with Gasteiger partial charge >= 0.3 is 0 Å². The summed E-state index contributed by atoms with van der Waals surface area (Å²) in [6, 6.07) is 19.1. The first kappa shape index (κ1) is 27.2. The van der Waals surface area contributed by atoms with Gasteiger partial charge in [-0.05, 0) is 29.8 Å². The molecule has 0 aliphatic carbocycles. The van der Waals surface area contributed by atoms with E-state index < -0.39 is 22.8 Å². The minimum absolute atomic E-state index is 0.132. The second-order valence-corrected chi connectivity index (χ2v) is 8.70. The molecule has 2 N–H and O–H groups in total. The van der Waals surface area contributed by atoms with E-state index in [1.165, 1.54) is 49.4 Å². The Bertz CT molecular complexity index is 1250. The van der Waals surface area contributed by atoms with Crippen molar-refractivity contribution in [3.8, 4) is 11.5 Å². The minimum atomic E-state index is -0.911. The molecule has 0 radical (unpaired) electrons. The first-order chi connectivity index (χ1) is 17.9. The number of hydrogen-bond acceptors (Lipinski definition) is 8. The molecular weight excluding hydrogens is 496 g/mol. The highest BCUT2D eigenvalue weighted by Crippen LogP contribution is 2.23. The Labute approximate surface area is 218 Å². The summed E-state index contributed by atoms with van der Waals surface area (Å²) in [5.41, 5.74) is 4.23. The van der Waals surface area contributed by atoms with Crippen molar-refractivity contribution in [1.82, 2.24) is 10.7 Å². The monoisotopic (exact) mass is 522 g/mol. The number of carbonyl (C=O) groups excluding carboxylic acids is 2. The van der Waals surface area contributed by atoms with Crippen LogP contribution in [0.1, 0.15) is 21.5 Å². The molecule has 0 fully saturated rings. The highest BCUT2D eigenvalue weighted by atomic mass is 32.2. The van der Waals surface area contributed by atoms with Gasteiger partial charge in [0.05, 0.1) is 25.4 Å². The lowest BCUT2D eigenvalue weighted by atomic mass is 10.2. The highest BCUT2D eigenvalue weighted by Gasteiger charge is 2.22. The van der Waals surface area contributed by atoms with E-state index in [0.29, 0.717) is 22.8 Å². The summed E-state index contributed by atoms with van der Waals surface area (Å²) in [4.78, 5) is 36.1. The summed E-state index contributed by atoms with van der Waals surface area (Å²) in [6.07, 6.45) is 1.43. The van der Waals surface area contributed by atoms with E-state index in [-0.39, 0.29) is 17.0 Å². The molecule has 10 nitrogen and oxygen atoms in total. The fourth-order valence-corrected chi connectivity index (χ4v) is 4.21. The number of nitrogens with one attached hydrogen (secondary N) is 2. The van der Waals surface area contributed by atoms with Crippen molar-refractivity contribution in [2.24, 2.45) is 5.10 Å². The van der Waals surface area contributed by atoms with Crippen LogP contribution in [0, 0.1) is 10.1 Å². The standard InChI is InChI=1S/C26H26N4O6S/c1-35-22-13-10-20(24(14-22)36-2)15-27-29-26(32)23(17-37-16-18-6-4-3-5-7-18)28-25(31)19-8-11-21(12-9-19)30(33)34/h3-15,23H,16-17H2,1-2H3,(H,28,31)(H,29,32)/t23-/m0/s1. The summed E-state index contributed by atoms with van der Waals surface area (Å²) in [5, 5.41) is 17.6. The van der Waals surface area contributed by atoms with Crippen molar-refractivity contribution in [3.05, 3.63) is 99.6 Å². The van der Waals surface area contributed by atoms with Crippen LogP contribution in [0.2, 0.25) is 0 Å². The average Bonchev–Trinajstić information content (AvgIpc) is 2.93. The molecule has 37 heavy (non-hydrogen) atoms. The third kappa shape index (κ3) is 8.07. The maximum atomic E-state index is 12.9. The van der Waals surface area contributed by atoms with Crippen molar-refractivity contribution in [2.45, 2.75) is 11.8 Å². The van der Waals surface area contributed by atoms with Gasteiger partial charge in [0.2, 0.25) is 0 Å². The molecule has 0 aliphatic heterocycles. The SMILES string of the molecule is COc1ccc(C=NNC(=O)[C@H](CSCc2ccccc2)NC(=O)c2ccc([N+](=O)[O-])cc2)c(OC)c1. The predicted octanol–water partition coefficient (Wildman–Crippen LogP) is 3.79. The number of nitrogens with zero attached hydrogens (tertiary/aromatic N) is 2. The average molecular weight is 523 g/mol. The van der Waals surface area contributed by atoms with Gasteiger partial charge in [0, 0.05) is 40.8 Å². The first-order valence-corrected chi connectivity index (χ1v) is 12.3. The van der Waals surface area contributed by atoms with Gasteiger partial charge in [-0.15, -0.1) is 0 Å². The Hall–Kier alpha value is -4.38. The Morgan fingerprint density at radius 3 is 2.43 bits per heavy atom. The van der Waals surface area contributed by atoms with E-state index in [0.717, 1.165) is 5.56 Å². The molecule has 3 aromatic carbocycles. The number of non-ortho nitro benzene ring substituents is 1. The van der Waals surface area contributed by atoms with Crippen LogP contribution >= 0.6 is 11.8 Å². The molecule has 0 saturated heterocycles. The lowest BCUT2D eigenvalue weighted by molar-refractivity contribution is -0.384. The van der Waals surface area contributed by atoms with Gasteiger partial charge in [0.15, 0.2) is 0 Å². The molecular formula is C26H26N4O6S. The van der Waals surface area contributed by atoms with Gasteiger partial charge in [0.1, 0.15) is 17.5 Å². The maximum Gasteiger partial charge on any atom is 0.269 e. The lowest BCUT2D eigenvalue weighted by Crippen LogP contribution is -2.47. The molecule has 0 aliphatic rings. The minimum Gasteiger partial charge on any atom is -0.497 e. The number of thioether (sulfide) groups is 1. The normalized spacial score (nSPS) is 11.5. The number of hydrazone groups is 1. The summed E-state index contributed by atoms with van der Waals surface area (Å²) in [6.45, 7) is 0. The third-order valence-corrected chi connectivity index (χ3v) is 6.28. The number of hydrogen-bond donors (Lipinski definition) is 2. The Morgan fingerprint density at radius 2 is 1.78 bits per heavy atom.